The highest BCUT2D eigenvalue weighted by molar-refractivity contribution is 5.95. The summed E-state index contributed by atoms with van der Waals surface area (Å²) in [5.74, 6) is 0.366. The van der Waals surface area contributed by atoms with E-state index in [4.69, 9.17) is 9.47 Å². The highest BCUT2D eigenvalue weighted by Crippen LogP contribution is 2.23. The molecule has 2 aromatic carbocycles. The van der Waals surface area contributed by atoms with Gasteiger partial charge in [0.15, 0.2) is 11.6 Å². The second-order valence-corrected chi connectivity index (χ2v) is 8.05. The van der Waals surface area contributed by atoms with Crippen LogP contribution in [0.25, 0.3) is 0 Å². The summed E-state index contributed by atoms with van der Waals surface area (Å²) in [6, 6.07) is 11.5. The molecule has 0 aromatic heterocycles. The van der Waals surface area contributed by atoms with Gasteiger partial charge in [0.1, 0.15) is 5.75 Å². The molecular formula is C24H29FN2O4. The van der Waals surface area contributed by atoms with E-state index in [-0.39, 0.29) is 23.6 Å². The lowest BCUT2D eigenvalue weighted by molar-refractivity contribution is 0.0660. The fraction of sp³-hybridized carbons (Fsp3) is 0.417. The van der Waals surface area contributed by atoms with Gasteiger partial charge < -0.3 is 19.7 Å². The molecule has 7 heteroatoms. The van der Waals surface area contributed by atoms with E-state index >= 15 is 0 Å². The van der Waals surface area contributed by atoms with Gasteiger partial charge in [-0.05, 0) is 75.1 Å². The van der Waals surface area contributed by atoms with E-state index in [0.29, 0.717) is 42.5 Å². The third-order valence-corrected chi connectivity index (χ3v) is 5.32. The Balaban J connectivity index is 1.46. The number of piperidine rings is 1. The maximum Gasteiger partial charge on any atom is 0.253 e. The summed E-state index contributed by atoms with van der Waals surface area (Å²) in [5.41, 5.74) is 0.928. The van der Waals surface area contributed by atoms with Crippen LogP contribution in [0.2, 0.25) is 0 Å². The lowest BCUT2D eigenvalue weighted by atomic mass is 9.97. The van der Waals surface area contributed by atoms with E-state index in [1.54, 1.807) is 35.2 Å². The minimum Gasteiger partial charge on any atom is -0.494 e. The van der Waals surface area contributed by atoms with Gasteiger partial charge in [0.2, 0.25) is 0 Å². The van der Waals surface area contributed by atoms with Gasteiger partial charge in [-0.15, -0.1) is 0 Å². The van der Waals surface area contributed by atoms with Crippen molar-refractivity contribution in [1.82, 2.24) is 10.2 Å². The van der Waals surface area contributed by atoms with Gasteiger partial charge >= 0.3 is 0 Å². The number of hydrogen-bond donors (Lipinski definition) is 1. The maximum absolute atomic E-state index is 13.9. The molecule has 1 saturated heterocycles. The molecule has 3 rings (SSSR count). The number of rotatable bonds is 7. The number of halogens is 1. The quantitative estimate of drug-likeness (QED) is 0.726. The van der Waals surface area contributed by atoms with Gasteiger partial charge in [-0.25, -0.2) is 4.39 Å². The zero-order valence-corrected chi connectivity index (χ0v) is 18.2. The Labute approximate surface area is 182 Å². The second-order valence-electron chi connectivity index (χ2n) is 8.05. The van der Waals surface area contributed by atoms with Crippen LogP contribution >= 0.6 is 0 Å². The fourth-order valence-corrected chi connectivity index (χ4v) is 3.55. The number of amides is 2. The number of carbonyl (C=O) groups is 2. The molecule has 1 aliphatic heterocycles. The van der Waals surface area contributed by atoms with E-state index in [2.05, 4.69) is 5.32 Å². The predicted molar refractivity (Wildman–Crippen MR) is 116 cm³/mol. The molecule has 6 nitrogen and oxygen atoms in total. The first kappa shape index (κ1) is 22.6. The van der Waals surface area contributed by atoms with Crippen molar-refractivity contribution in [3.8, 4) is 11.5 Å². The Bertz CT molecular complexity index is 906. The maximum atomic E-state index is 13.9. The molecule has 0 bridgehead atoms. The SMILES string of the molecule is COc1ccc(C(=O)N2CCC(COc3ccc(C(=O)NC(C)C)cc3)CC2)cc1F. The second kappa shape index (κ2) is 10.3. The average molecular weight is 429 g/mol. The monoisotopic (exact) mass is 428 g/mol. The Hall–Kier alpha value is -3.09. The molecule has 166 valence electrons. The standard InChI is InChI=1S/C24H29FN2O4/c1-16(2)26-23(28)18-4-7-20(8-5-18)31-15-17-10-12-27(13-11-17)24(29)19-6-9-22(30-3)21(25)14-19/h4-9,14,16-17H,10-13,15H2,1-3H3,(H,26,28). The molecular weight excluding hydrogens is 399 g/mol. The van der Waals surface area contributed by atoms with Crippen molar-refractivity contribution >= 4 is 11.8 Å². The van der Waals surface area contributed by atoms with Crippen LogP contribution in [0.4, 0.5) is 4.39 Å². The minimum absolute atomic E-state index is 0.0879. The lowest BCUT2D eigenvalue weighted by Gasteiger charge is -2.32. The first-order chi connectivity index (χ1) is 14.9. The minimum atomic E-state index is -0.538. The fourth-order valence-electron chi connectivity index (χ4n) is 3.55. The number of hydrogen-bond acceptors (Lipinski definition) is 4. The van der Waals surface area contributed by atoms with Crippen molar-refractivity contribution in [3.05, 3.63) is 59.4 Å². The van der Waals surface area contributed by atoms with Crippen molar-refractivity contribution in [2.75, 3.05) is 26.8 Å². The lowest BCUT2D eigenvalue weighted by Crippen LogP contribution is -2.39. The third-order valence-electron chi connectivity index (χ3n) is 5.32. The Kier molecular flexibility index (Phi) is 7.50. The summed E-state index contributed by atoms with van der Waals surface area (Å²) in [5, 5.41) is 2.86. The Morgan fingerprint density at radius 2 is 1.74 bits per heavy atom. The van der Waals surface area contributed by atoms with E-state index in [1.807, 2.05) is 13.8 Å². The van der Waals surface area contributed by atoms with Crippen LogP contribution in [0.1, 0.15) is 47.4 Å². The summed E-state index contributed by atoms with van der Waals surface area (Å²) < 4.78 is 24.7. The first-order valence-electron chi connectivity index (χ1n) is 10.5. The van der Waals surface area contributed by atoms with Crippen LogP contribution < -0.4 is 14.8 Å². The number of carbonyl (C=O) groups excluding carboxylic acids is 2. The summed E-state index contributed by atoms with van der Waals surface area (Å²) in [7, 11) is 1.39. The van der Waals surface area contributed by atoms with Gasteiger partial charge in [0.25, 0.3) is 11.8 Å². The van der Waals surface area contributed by atoms with E-state index < -0.39 is 5.82 Å². The molecule has 2 amide bonds. The van der Waals surface area contributed by atoms with Crippen LogP contribution in [-0.2, 0) is 0 Å². The molecule has 1 heterocycles. The number of nitrogens with zero attached hydrogens (tertiary/aromatic N) is 1. The van der Waals surface area contributed by atoms with E-state index in [1.165, 1.54) is 19.2 Å². The van der Waals surface area contributed by atoms with Crippen LogP contribution in [0.3, 0.4) is 0 Å². The Morgan fingerprint density at radius 1 is 1.10 bits per heavy atom. The predicted octanol–water partition coefficient (Wildman–Crippen LogP) is 3.90. The first-order valence-corrected chi connectivity index (χ1v) is 10.5. The summed E-state index contributed by atoms with van der Waals surface area (Å²) >= 11 is 0. The summed E-state index contributed by atoms with van der Waals surface area (Å²) in [4.78, 5) is 26.4. The van der Waals surface area contributed by atoms with E-state index in [0.717, 1.165) is 12.8 Å². The van der Waals surface area contributed by atoms with E-state index in [9.17, 15) is 14.0 Å². The largest absolute Gasteiger partial charge is 0.494 e. The number of ether oxygens (including phenoxy) is 2. The van der Waals surface area contributed by atoms with Gasteiger partial charge in [-0.2, -0.15) is 0 Å². The summed E-state index contributed by atoms with van der Waals surface area (Å²) in [6.45, 7) is 5.60. The van der Waals surface area contributed by atoms with Gasteiger partial charge in [0.05, 0.1) is 13.7 Å². The molecule has 2 aromatic rings. The average Bonchev–Trinajstić information content (AvgIpc) is 2.77. The molecule has 31 heavy (non-hydrogen) atoms. The van der Waals surface area contributed by atoms with Crippen molar-refractivity contribution in [1.29, 1.82) is 0 Å². The normalized spacial score (nSPS) is 14.4. The van der Waals surface area contributed by atoms with Crippen molar-refractivity contribution < 1.29 is 23.5 Å². The highest BCUT2D eigenvalue weighted by Gasteiger charge is 2.24. The molecule has 0 unspecified atom stereocenters. The molecule has 1 fully saturated rings. The number of benzene rings is 2. The molecule has 0 aliphatic carbocycles. The topological polar surface area (TPSA) is 67.9 Å². The molecule has 0 saturated carbocycles. The zero-order chi connectivity index (χ0) is 22.4. The molecule has 0 atom stereocenters. The smallest absolute Gasteiger partial charge is 0.253 e. The van der Waals surface area contributed by atoms with Crippen molar-refractivity contribution in [3.63, 3.8) is 0 Å². The summed E-state index contributed by atoms with van der Waals surface area (Å²) in [6.07, 6.45) is 1.64. The van der Waals surface area contributed by atoms with Gasteiger partial charge in [0, 0.05) is 30.3 Å². The molecule has 1 N–H and O–H groups in total. The van der Waals surface area contributed by atoms with Gasteiger partial charge in [-0.3, -0.25) is 9.59 Å². The number of likely N-dealkylation sites (tertiary alicyclic amines) is 1. The zero-order valence-electron chi connectivity index (χ0n) is 18.2. The number of methoxy groups -OCH3 is 1. The van der Waals surface area contributed by atoms with Crippen molar-refractivity contribution in [2.24, 2.45) is 5.92 Å². The molecule has 0 spiro atoms. The molecule has 1 aliphatic rings. The van der Waals surface area contributed by atoms with Crippen LogP contribution in [0.5, 0.6) is 11.5 Å². The van der Waals surface area contributed by atoms with Gasteiger partial charge in [-0.1, -0.05) is 0 Å². The molecule has 0 radical (unpaired) electrons. The van der Waals surface area contributed by atoms with Crippen LogP contribution in [-0.4, -0.2) is 49.6 Å². The Morgan fingerprint density at radius 3 is 2.32 bits per heavy atom. The number of nitrogens with one attached hydrogen (secondary N) is 1. The van der Waals surface area contributed by atoms with Crippen LogP contribution in [0.15, 0.2) is 42.5 Å². The third kappa shape index (κ3) is 5.96. The van der Waals surface area contributed by atoms with Crippen LogP contribution in [0, 0.1) is 11.7 Å². The van der Waals surface area contributed by atoms with Crippen molar-refractivity contribution in [2.45, 2.75) is 32.7 Å². The highest BCUT2D eigenvalue weighted by atomic mass is 19.1.